The van der Waals surface area contributed by atoms with E-state index in [1.165, 1.54) is 40.5 Å². The first kappa shape index (κ1) is 45.2. The maximum Gasteiger partial charge on any atom is 0.115 e. The largest absolute Gasteiger partial charge is 0.308 e. The van der Waals surface area contributed by atoms with E-state index < -0.39 is 0 Å². The molecule has 0 saturated carbocycles. The van der Waals surface area contributed by atoms with Crippen LogP contribution in [-0.2, 0) is 0 Å². The molecular weight excluding hydrogens is 1070 g/mol. The molecule has 75 heavy (non-hydrogen) atoms. The molecule has 11 aromatic heterocycles. The van der Waals surface area contributed by atoms with Gasteiger partial charge in [-0.05, 0) is 143 Å². The summed E-state index contributed by atoms with van der Waals surface area (Å²) in [6, 6.07) is 56.8. The lowest BCUT2D eigenvalue weighted by atomic mass is 10.00. The molecule has 0 fully saturated rings. The quantitative estimate of drug-likeness (QED) is 0.126. The molecular formula is C63H42IN9S2. The average Bonchev–Trinajstić information content (AvgIpc) is 4.34. The van der Waals surface area contributed by atoms with Crippen LogP contribution in [0.4, 0.5) is 0 Å². The van der Waals surface area contributed by atoms with Crippen LogP contribution in [0.5, 0.6) is 0 Å². The lowest BCUT2D eigenvalue weighted by Crippen LogP contribution is -1.95. The fourth-order valence-electron chi connectivity index (χ4n) is 11.2. The normalized spacial score (nSPS) is 11.7. The van der Waals surface area contributed by atoms with E-state index >= 15 is 0 Å². The zero-order chi connectivity index (χ0) is 50.3. The number of halogens is 1. The van der Waals surface area contributed by atoms with Gasteiger partial charge in [0.25, 0.3) is 0 Å². The van der Waals surface area contributed by atoms with E-state index in [0.29, 0.717) is 0 Å². The number of hydrogen-bond donors (Lipinski definition) is 0. The second-order valence-corrected chi connectivity index (χ2v) is 20.1. The molecule has 0 atom stereocenters. The SMILES string of the molecule is CC.CI.c1cc(-c2cccc3c2sc2ccc(-n4c5ccc(-c6cc(-n7c8cccnc8c8ncccc87)cc7c6sc6ccncc67)cc5c5ncccc54)cc23)cc(-n2c3cccnc3c3ncccc32)c1. The molecule has 0 aliphatic rings. The van der Waals surface area contributed by atoms with Gasteiger partial charge < -0.3 is 13.7 Å². The average molecular weight is 1120 g/mol. The summed E-state index contributed by atoms with van der Waals surface area (Å²) < 4.78 is 11.9. The van der Waals surface area contributed by atoms with Gasteiger partial charge in [0.15, 0.2) is 0 Å². The Morgan fingerprint density at radius 1 is 0.347 bits per heavy atom. The Morgan fingerprint density at radius 3 is 1.52 bits per heavy atom. The number of alkyl halides is 1. The van der Waals surface area contributed by atoms with Gasteiger partial charge in [-0.25, -0.2) is 0 Å². The van der Waals surface area contributed by atoms with Crippen molar-refractivity contribution in [2.45, 2.75) is 13.8 Å². The van der Waals surface area contributed by atoms with Crippen LogP contribution in [0.15, 0.2) is 201 Å². The maximum absolute atomic E-state index is 5.07. The zero-order valence-corrected chi connectivity index (χ0v) is 44.6. The zero-order valence-electron chi connectivity index (χ0n) is 40.8. The van der Waals surface area contributed by atoms with Crippen LogP contribution in [0, 0.1) is 0 Å². The summed E-state index contributed by atoms with van der Waals surface area (Å²) in [4.78, 5) is 30.7. The van der Waals surface area contributed by atoms with Crippen molar-refractivity contribution in [1.82, 2.24) is 43.6 Å². The first-order valence-corrected chi connectivity index (χ1v) is 28.6. The molecule has 16 rings (SSSR count). The van der Waals surface area contributed by atoms with Crippen molar-refractivity contribution < 1.29 is 0 Å². The second kappa shape index (κ2) is 18.2. The standard InChI is InChI=1S/C60H33N9S2.C2H6.CH3I/c1-8-34(28-36(9-1)68-48-13-4-23-63-55(48)56-49(68)14-5-24-64-56)39-10-2-11-40-42-30-37(18-20-52(42)70-59(39)40)67-46-19-17-35(29-44(46)54-47(67)12-3-22-62-54)41-31-38(32-43-45-33-61-27-21-53(45)71-60(41)43)69-50-15-6-25-65-57(50)58-51(69)16-7-26-66-58;2*1-2/h1-33H;1-2H3;1H3. The Bertz CT molecular complexity index is 4820. The molecule has 12 heteroatoms. The predicted molar refractivity (Wildman–Crippen MR) is 324 cm³/mol. The highest BCUT2D eigenvalue weighted by atomic mass is 127. The molecule has 0 aliphatic heterocycles. The Balaban J connectivity index is 0.00000126. The van der Waals surface area contributed by atoms with Gasteiger partial charge in [-0.3, -0.25) is 29.9 Å². The lowest BCUT2D eigenvalue weighted by molar-refractivity contribution is 1.17. The molecule has 5 aromatic carbocycles. The van der Waals surface area contributed by atoms with Gasteiger partial charge in [-0.2, -0.15) is 0 Å². The molecule has 0 N–H and O–H groups in total. The highest BCUT2D eigenvalue weighted by Crippen LogP contribution is 2.46. The van der Waals surface area contributed by atoms with Crippen LogP contribution in [0.1, 0.15) is 13.8 Å². The Morgan fingerprint density at radius 2 is 0.867 bits per heavy atom. The first-order chi connectivity index (χ1) is 37.2. The van der Waals surface area contributed by atoms with E-state index in [2.05, 4.69) is 169 Å². The summed E-state index contributed by atoms with van der Waals surface area (Å²) in [6.45, 7) is 4.00. The fraction of sp³-hybridized carbons (Fsp3) is 0.0476. The van der Waals surface area contributed by atoms with Gasteiger partial charge in [0.2, 0.25) is 0 Å². The molecule has 0 aliphatic carbocycles. The minimum atomic E-state index is 0.883. The van der Waals surface area contributed by atoms with Crippen molar-refractivity contribution in [1.29, 1.82) is 0 Å². The topological polar surface area (TPSA) is 92.1 Å². The van der Waals surface area contributed by atoms with Crippen molar-refractivity contribution in [3.63, 3.8) is 0 Å². The third-order valence-electron chi connectivity index (χ3n) is 14.2. The summed E-state index contributed by atoms with van der Waals surface area (Å²) in [6.07, 6.45) is 13.1. The fourth-order valence-corrected chi connectivity index (χ4v) is 13.6. The van der Waals surface area contributed by atoms with Crippen LogP contribution < -0.4 is 0 Å². The van der Waals surface area contributed by atoms with E-state index in [4.69, 9.17) is 24.9 Å². The van der Waals surface area contributed by atoms with E-state index in [-0.39, 0.29) is 0 Å². The molecule has 0 saturated heterocycles. The molecule has 16 aromatic rings. The Kier molecular flexibility index (Phi) is 11.0. The molecule has 0 unspecified atom stereocenters. The third kappa shape index (κ3) is 6.93. The van der Waals surface area contributed by atoms with Crippen molar-refractivity contribution in [2.24, 2.45) is 0 Å². The smallest absolute Gasteiger partial charge is 0.115 e. The van der Waals surface area contributed by atoms with Crippen molar-refractivity contribution in [3.8, 4) is 39.3 Å². The third-order valence-corrected chi connectivity index (χ3v) is 16.6. The molecule has 0 bridgehead atoms. The van der Waals surface area contributed by atoms with E-state index in [1.54, 1.807) is 0 Å². The minimum absolute atomic E-state index is 0.883. The van der Waals surface area contributed by atoms with Gasteiger partial charge in [0, 0.05) is 112 Å². The van der Waals surface area contributed by atoms with Gasteiger partial charge in [0.1, 0.15) is 22.1 Å². The molecule has 11 heterocycles. The van der Waals surface area contributed by atoms with Gasteiger partial charge in [0.05, 0.1) is 38.6 Å². The van der Waals surface area contributed by atoms with Crippen LogP contribution in [0.25, 0.3) is 146 Å². The van der Waals surface area contributed by atoms with Gasteiger partial charge >= 0.3 is 0 Å². The highest BCUT2D eigenvalue weighted by molar-refractivity contribution is 14.1. The number of aromatic nitrogens is 9. The van der Waals surface area contributed by atoms with Crippen LogP contribution in [-0.4, -0.2) is 48.5 Å². The molecule has 0 spiro atoms. The Hall–Kier alpha value is -8.43. The highest BCUT2D eigenvalue weighted by Gasteiger charge is 2.22. The van der Waals surface area contributed by atoms with E-state index in [0.717, 1.165) is 105 Å². The van der Waals surface area contributed by atoms with Crippen LogP contribution in [0.2, 0.25) is 0 Å². The minimum Gasteiger partial charge on any atom is -0.308 e. The summed E-state index contributed by atoms with van der Waals surface area (Å²) >= 11 is 5.81. The Labute approximate surface area is 451 Å². The number of pyridine rings is 6. The number of hydrogen-bond acceptors (Lipinski definition) is 8. The summed E-state index contributed by atoms with van der Waals surface area (Å²) in [5, 5.41) is 5.86. The predicted octanol–water partition coefficient (Wildman–Crippen LogP) is 17.5. The number of fused-ring (bicyclic) bond motifs is 15. The molecule has 358 valence electrons. The van der Waals surface area contributed by atoms with Crippen molar-refractivity contribution >= 4 is 152 Å². The second-order valence-electron chi connectivity index (χ2n) is 18.0. The lowest BCUT2D eigenvalue weighted by Gasteiger charge is -2.13. The van der Waals surface area contributed by atoms with E-state index in [9.17, 15) is 0 Å². The monoisotopic (exact) mass is 1120 g/mol. The number of nitrogens with zero attached hydrogens (tertiary/aromatic N) is 9. The summed E-state index contributed by atoms with van der Waals surface area (Å²) in [7, 11) is 0. The first-order valence-electron chi connectivity index (χ1n) is 24.8. The van der Waals surface area contributed by atoms with Crippen molar-refractivity contribution in [3.05, 3.63) is 201 Å². The molecule has 0 radical (unpaired) electrons. The van der Waals surface area contributed by atoms with Gasteiger partial charge in [-0.15, -0.1) is 22.7 Å². The number of benzene rings is 5. The van der Waals surface area contributed by atoms with Crippen LogP contribution in [0.3, 0.4) is 0 Å². The maximum atomic E-state index is 5.07. The summed E-state index contributed by atoms with van der Waals surface area (Å²) in [5.41, 5.74) is 18.6. The number of rotatable bonds is 5. The van der Waals surface area contributed by atoms with E-state index in [1.807, 2.05) is 115 Å². The van der Waals surface area contributed by atoms with Crippen LogP contribution >= 0.6 is 45.3 Å². The molecule has 0 amide bonds. The van der Waals surface area contributed by atoms with Crippen molar-refractivity contribution in [2.75, 3.05) is 4.93 Å². The molecule has 9 nitrogen and oxygen atoms in total. The number of thiophene rings is 2. The summed E-state index contributed by atoms with van der Waals surface area (Å²) in [5.74, 6) is 0. The van der Waals surface area contributed by atoms with Gasteiger partial charge in [-0.1, -0.05) is 72.8 Å².